The van der Waals surface area contributed by atoms with Gasteiger partial charge in [0.25, 0.3) is 0 Å². The zero-order valence-corrected chi connectivity index (χ0v) is 14.6. The van der Waals surface area contributed by atoms with Gasteiger partial charge in [-0.2, -0.15) is 9.97 Å². The number of nitrogens with two attached hydrogens (primary N) is 1. The van der Waals surface area contributed by atoms with Gasteiger partial charge >= 0.3 is 0 Å². The van der Waals surface area contributed by atoms with E-state index in [1.54, 1.807) is 0 Å². The number of phenolic OH excluding ortho intramolecular Hbond substituents is 1. The Bertz CT molecular complexity index is 877. The van der Waals surface area contributed by atoms with Crippen molar-refractivity contribution in [1.29, 1.82) is 0 Å². The van der Waals surface area contributed by atoms with Crippen molar-refractivity contribution in [3.05, 3.63) is 58.1 Å². The van der Waals surface area contributed by atoms with E-state index >= 15 is 0 Å². The summed E-state index contributed by atoms with van der Waals surface area (Å²) in [5.41, 5.74) is 7.36. The maximum atomic E-state index is 9.78. The summed E-state index contributed by atoms with van der Waals surface area (Å²) in [5, 5.41) is 10.7. The van der Waals surface area contributed by atoms with Gasteiger partial charge in [-0.05, 0) is 17.7 Å². The fourth-order valence-electron chi connectivity index (χ4n) is 1.99. The number of anilines is 1. The molecule has 0 aliphatic carbocycles. The summed E-state index contributed by atoms with van der Waals surface area (Å²) in [4.78, 5) is 12.6. The fraction of sp³-hybridized carbons (Fsp3) is 0.0625. The predicted molar refractivity (Wildman–Crippen MR) is 97.4 cm³/mol. The van der Waals surface area contributed by atoms with Gasteiger partial charge in [0.1, 0.15) is 5.75 Å². The highest BCUT2D eigenvalue weighted by Gasteiger charge is 2.14. The number of aromatic hydroxyl groups is 1. The molecule has 0 aliphatic heterocycles. The Morgan fingerprint density at radius 3 is 2.50 bits per heavy atom. The molecule has 0 fully saturated rings. The van der Waals surface area contributed by atoms with Gasteiger partial charge in [-0.25, -0.2) is 4.98 Å². The van der Waals surface area contributed by atoms with E-state index in [9.17, 15) is 5.11 Å². The van der Waals surface area contributed by atoms with Crippen LogP contribution in [-0.2, 0) is 5.75 Å². The summed E-state index contributed by atoms with van der Waals surface area (Å²) in [6.07, 6.45) is 0. The van der Waals surface area contributed by atoms with Crippen LogP contribution in [0.1, 0.15) is 5.56 Å². The second kappa shape index (κ2) is 7.25. The maximum Gasteiger partial charge on any atom is 0.224 e. The van der Waals surface area contributed by atoms with Crippen molar-refractivity contribution in [2.24, 2.45) is 0 Å². The van der Waals surface area contributed by atoms with Gasteiger partial charge in [-0.3, -0.25) is 0 Å². The van der Waals surface area contributed by atoms with Crippen LogP contribution < -0.4 is 5.73 Å². The van der Waals surface area contributed by atoms with Crippen LogP contribution in [0.5, 0.6) is 5.75 Å². The van der Waals surface area contributed by atoms with Crippen LogP contribution in [0.25, 0.3) is 11.4 Å². The summed E-state index contributed by atoms with van der Waals surface area (Å²) < 4.78 is 0. The van der Waals surface area contributed by atoms with Gasteiger partial charge in [0, 0.05) is 11.3 Å². The smallest absolute Gasteiger partial charge is 0.224 e. The standard InChI is InChI=1S/C16H12Cl2N4OS/c17-11-7-12(18)13(23)6-10(11)14-20-15(19)22-16(21-14)24-8-9-4-2-1-3-5-9/h1-7,23H,8H2,(H2,19,20,21,22). The highest BCUT2D eigenvalue weighted by atomic mass is 35.5. The van der Waals surface area contributed by atoms with Crippen LogP contribution in [0.4, 0.5) is 5.95 Å². The summed E-state index contributed by atoms with van der Waals surface area (Å²) in [6.45, 7) is 0. The predicted octanol–water partition coefficient (Wildman–Crippen LogP) is 4.43. The lowest BCUT2D eigenvalue weighted by atomic mass is 10.2. The Hall–Kier alpha value is -2.02. The highest BCUT2D eigenvalue weighted by Crippen LogP contribution is 2.35. The minimum atomic E-state index is -0.103. The molecule has 1 aromatic heterocycles. The monoisotopic (exact) mass is 378 g/mol. The van der Waals surface area contributed by atoms with Crippen LogP contribution in [-0.4, -0.2) is 20.1 Å². The Balaban J connectivity index is 1.90. The lowest BCUT2D eigenvalue weighted by Crippen LogP contribution is -2.02. The minimum absolute atomic E-state index is 0.0843. The van der Waals surface area contributed by atoms with E-state index in [1.165, 1.54) is 23.9 Å². The molecule has 5 nitrogen and oxygen atoms in total. The van der Waals surface area contributed by atoms with Crippen molar-refractivity contribution in [3.63, 3.8) is 0 Å². The van der Waals surface area contributed by atoms with Crippen LogP contribution in [0.15, 0.2) is 47.6 Å². The summed E-state index contributed by atoms with van der Waals surface area (Å²) in [6, 6.07) is 12.8. The molecule has 1 heterocycles. The Labute approximate surface area is 152 Å². The molecule has 0 saturated heterocycles. The van der Waals surface area contributed by atoms with Crippen LogP contribution >= 0.6 is 35.0 Å². The fourth-order valence-corrected chi connectivity index (χ4v) is 3.25. The van der Waals surface area contributed by atoms with Gasteiger partial charge in [-0.1, -0.05) is 65.3 Å². The molecule has 0 saturated carbocycles. The zero-order chi connectivity index (χ0) is 17.1. The molecule has 2 aromatic carbocycles. The Morgan fingerprint density at radius 1 is 1.00 bits per heavy atom. The van der Waals surface area contributed by atoms with E-state index in [2.05, 4.69) is 15.0 Å². The molecule has 0 bridgehead atoms. The molecule has 3 N–H and O–H groups in total. The molecular weight excluding hydrogens is 367 g/mol. The number of nitrogens with zero attached hydrogens (tertiary/aromatic N) is 3. The van der Waals surface area contributed by atoms with Gasteiger partial charge in [-0.15, -0.1) is 0 Å². The van der Waals surface area contributed by atoms with Crippen molar-refractivity contribution >= 4 is 40.9 Å². The van der Waals surface area contributed by atoms with E-state index in [1.807, 2.05) is 30.3 Å². The summed E-state index contributed by atoms with van der Waals surface area (Å²) in [5.74, 6) is 0.966. The van der Waals surface area contributed by atoms with Crippen molar-refractivity contribution in [1.82, 2.24) is 15.0 Å². The third-order valence-electron chi connectivity index (χ3n) is 3.12. The number of benzene rings is 2. The van der Waals surface area contributed by atoms with Crippen LogP contribution in [0, 0.1) is 0 Å². The first-order valence-electron chi connectivity index (χ1n) is 6.89. The van der Waals surface area contributed by atoms with Gasteiger partial charge in [0.15, 0.2) is 11.0 Å². The van der Waals surface area contributed by atoms with Crippen LogP contribution in [0.2, 0.25) is 10.0 Å². The second-order valence-corrected chi connectivity index (χ2v) is 6.61. The first-order chi connectivity index (χ1) is 11.5. The molecule has 122 valence electrons. The molecule has 0 radical (unpaired) electrons. The van der Waals surface area contributed by atoms with Crippen molar-refractivity contribution in [2.45, 2.75) is 10.9 Å². The Kier molecular flexibility index (Phi) is 5.08. The third-order valence-corrected chi connectivity index (χ3v) is 4.65. The van der Waals surface area contributed by atoms with Crippen LogP contribution in [0.3, 0.4) is 0 Å². The average molecular weight is 379 g/mol. The number of hydrogen-bond donors (Lipinski definition) is 2. The molecule has 3 rings (SSSR count). The lowest BCUT2D eigenvalue weighted by molar-refractivity contribution is 0.476. The molecule has 8 heteroatoms. The first kappa shape index (κ1) is 16.8. The van der Waals surface area contributed by atoms with Crippen molar-refractivity contribution in [3.8, 4) is 17.1 Å². The van der Waals surface area contributed by atoms with Gasteiger partial charge in [0.05, 0.1) is 10.0 Å². The number of aromatic nitrogens is 3. The maximum absolute atomic E-state index is 9.78. The molecule has 0 amide bonds. The van der Waals surface area contributed by atoms with E-state index in [4.69, 9.17) is 28.9 Å². The van der Waals surface area contributed by atoms with E-state index in [-0.39, 0.29) is 22.5 Å². The second-order valence-electron chi connectivity index (χ2n) is 4.86. The van der Waals surface area contributed by atoms with Gasteiger partial charge < -0.3 is 10.8 Å². The van der Waals surface area contributed by atoms with Gasteiger partial charge in [0.2, 0.25) is 5.95 Å². The van der Waals surface area contributed by atoms with Crippen molar-refractivity contribution in [2.75, 3.05) is 5.73 Å². The molecule has 24 heavy (non-hydrogen) atoms. The lowest BCUT2D eigenvalue weighted by Gasteiger charge is -2.08. The number of halogens is 2. The molecule has 3 aromatic rings. The molecular formula is C16H12Cl2N4OS. The third kappa shape index (κ3) is 3.90. The topological polar surface area (TPSA) is 84.9 Å². The van der Waals surface area contributed by atoms with E-state index in [0.717, 1.165) is 5.56 Å². The number of hydrogen-bond acceptors (Lipinski definition) is 6. The molecule has 0 atom stereocenters. The average Bonchev–Trinajstić information content (AvgIpc) is 2.57. The summed E-state index contributed by atoms with van der Waals surface area (Å²) in [7, 11) is 0. The molecule has 0 unspecified atom stereocenters. The number of thioether (sulfide) groups is 1. The largest absolute Gasteiger partial charge is 0.506 e. The first-order valence-corrected chi connectivity index (χ1v) is 8.64. The minimum Gasteiger partial charge on any atom is -0.506 e. The molecule has 0 aliphatic rings. The number of phenols is 1. The van der Waals surface area contributed by atoms with E-state index in [0.29, 0.717) is 21.5 Å². The quantitative estimate of drug-likeness (QED) is 0.653. The Morgan fingerprint density at radius 2 is 1.75 bits per heavy atom. The van der Waals surface area contributed by atoms with E-state index < -0.39 is 0 Å². The zero-order valence-electron chi connectivity index (χ0n) is 12.3. The highest BCUT2D eigenvalue weighted by molar-refractivity contribution is 7.98. The number of rotatable bonds is 4. The normalized spacial score (nSPS) is 10.8. The van der Waals surface area contributed by atoms with Crippen molar-refractivity contribution < 1.29 is 5.11 Å². The summed E-state index contributed by atoms with van der Waals surface area (Å²) >= 11 is 13.4. The number of nitrogen functional groups attached to an aromatic ring is 1. The SMILES string of the molecule is Nc1nc(SCc2ccccc2)nc(-c2cc(O)c(Cl)cc2Cl)n1. The molecule has 0 spiro atoms.